The van der Waals surface area contributed by atoms with E-state index < -0.39 is 0 Å². The standard InChI is InChI=1S/C51H39N/c1-51(2)49-26-16-15-25-45(49)46-32-29-42(35-50(46)51)52(40-27-30-43(36-17-7-3-8-18-36)47(33-40)38-21-11-5-12-22-38)41-28-31-44(37-19-9-4-10-20-37)48(34-41)39-23-13-6-14-24-39/h3-35H,1-2H3. The van der Waals surface area contributed by atoms with Gasteiger partial charge >= 0.3 is 0 Å². The number of rotatable bonds is 7. The SMILES string of the molecule is CC1(C)c2ccccc2-c2ccc(N(c3ccc(-c4ccccc4)c(-c4ccccc4)c3)c3ccc(-c4ccccc4)c(-c4ccccc4)c3)cc21. The number of nitrogens with zero attached hydrogens (tertiary/aromatic N) is 1. The second-order valence-corrected chi connectivity index (χ2v) is 14.2. The lowest BCUT2D eigenvalue weighted by Crippen LogP contribution is -2.16. The highest BCUT2D eigenvalue weighted by Gasteiger charge is 2.35. The van der Waals surface area contributed by atoms with Crippen LogP contribution in [-0.2, 0) is 5.41 Å². The van der Waals surface area contributed by atoms with Crippen molar-refractivity contribution in [2.75, 3.05) is 4.90 Å². The van der Waals surface area contributed by atoms with Gasteiger partial charge < -0.3 is 4.90 Å². The molecule has 0 amide bonds. The molecule has 0 bridgehead atoms. The Morgan fingerprint density at radius 1 is 0.288 bits per heavy atom. The molecule has 52 heavy (non-hydrogen) atoms. The van der Waals surface area contributed by atoms with Crippen LogP contribution in [0.25, 0.3) is 55.6 Å². The monoisotopic (exact) mass is 665 g/mol. The van der Waals surface area contributed by atoms with E-state index in [4.69, 9.17) is 0 Å². The predicted molar refractivity (Wildman–Crippen MR) is 220 cm³/mol. The number of fused-ring (bicyclic) bond motifs is 3. The zero-order valence-corrected chi connectivity index (χ0v) is 29.5. The Bertz CT molecular complexity index is 2390. The van der Waals surface area contributed by atoms with Crippen LogP contribution in [0.15, 0.2) is 200 Å². The summed E-state index contributed by atoms with van der Waals surface area (Å²) >= 11 is 0. The van der Waals surface area contributed by atoms with Gasteiger partial charge in [0, 0.05) is 22.5 Å². The smallest absolute Gasteiger partial charge is 0.0468 e. The molecule has 1 nitrogen and oxygen atoms in total. The second-order valence-electron chi connectivity index (χ2n) is 14.2. The molecule has 0 unspecified atom stereocenters. The molecule has 0 atom stereocenters. The number of hydrogen-bond acceptors (Lipinski definition) is 1. The van der Waals surface area contributed by atoms with Crippen LogP contribution >= 0.6 is 0 Å². The zero-order valence-electron chi connectivity index (χ0n) is 29.5. The lowest BCUT2D eigenvalue weighted by molar-refractivity contribution is 0.660. The Labute approximate surface area is 307 Å². The van der Waals surface area contributed by atoms with E-state index in [1.54, 1.807) is 0 Å². The van der Waals surface area contributed by atoms with Gasteiger partial charge in [0.25, 0.3) is 0 Å². The summed E-state index contributed by atoms with van der Waals surface area (Å²) in [4.78, 5) is 2.45. The first-order chi connectivity index (χ1) is 25.6. The molecule has 0 aromatic heterocycles. The lowest BCUT2D eigenvalue weighted by atomic mass is 9.82. The molecular weight excluding hydrogens is 627 g/mol. The Hall–Kier alpha value is -6.44. The minimum atomic E-state index is -0.119. The third kappa shape index (κ3) is 5.52. The maximum absolute atomic E-state index is 2.45. The van der Waals surface area contributed by atoms with Crippen LogP contribution in [0.2, 0.25) is 0 Å². The van der Waals surface area contributed by atoms with Crippen molar-refractivity contribution < 1.29 is 0 Å². The Kier molecular flexibility index (Phi) is 7.90. The molecule has 0 fully saturated rings. The summed E-state index contributed by atoms with van der Waals surface area (Å²) in [7, 11) is 0. The average molecular weight is 666 g/mol. The molecule has 0 spiro atoms. The molecular formula is C51H39N. The molecule has 9 rings (SSSR count). The van der Waals surface area contributed by atoms with Crippen LogP contribution in [0.3, 0.4) is 0 Å². The van der Waals surface area contributed by atoms with Gasteiger partial charge in [0.15, 0.2) is 0 Å². The molecule has 1 heteroatoms. The van der Waals surface area contributed by atoms with Crippen LogP contribution in [0.1, 0.15) is 25.0 Å². The molecule has 0 heterocycles. The zero-order chi connectivity index (χ0) is 35.1. The van der Waals surface area contributed by atoms with Gasteiger partial charge in [-0.25, -0.2) is 0 Å². The van der Waals surface area contributed by atoms with Crippen molar-refractivity contribution in [3.05, 3.63) is 211 Å². The van der Waals surface area contributed by atoms with E-state index in [0.29, 0.717) is 0 Å². The highest BCUT2D eigenvalue weighted by molar-refractivity contribution is 5.93. The highest BCUT2D eigenvalue weighted by atomic mass is 15.1. The van der Waals surface area contributed by atoms with Crippen molar-refractivity contribution in [1.82, 2.24) is 0 Å². The van der Waals surface area contributed by atoms with Crippen LogP contribution < -0.4 is 4.90 Å². The highest BCUT2D eigenvalue weighted by Crippen LogP contribution is 2.51. The van der Waals surface area contributed by atoms with E-state index in [-0.39, 0.29) is 5.41 Å². The first kappa shape index (κ1) is 31.5. The Morgan fingerprint density at radius 2 is 0.635 bits per heavy atom. The van der Waals surface area contributed by atoms with Gasteiger partial charge in [-0.15, -0.1) is 0 Å². The summed E-state index contributed by atoms with van der Waals surface area (Å²) in [6.07, 6.45) is 0. The van der Waals surface area contributed by atoms with E-state index in [1.165, 1.54) is 66.8 Å². The summed E-state index contributed by atoms with van der Waals surface area (Å²) in [5.74, 6) is 0. The first-order valence-electron chi connectivity index (χ1n) is 18.1. The molecule has 0 N–H and O–H groups in total. The molecule has 0 aliphatic heterocycles. The van der Waals surface area contributed by atoms with Crippen molar-refractivity contribution in [2.45, 2.75) is 19.3 Å². The summed E-state index contributed by atoms with van der Waals surface area (Å²) in [5.41, 5.74) is 18.2. The third-order valence-corrected chi connectivity index (χ3v) is 10.7. The van der Waals surface area contributed by atoms with Crippen LogP contribution in [0, 0.1) is 0 Å². The molecule has 0 saturated heterocycles. The number of hydrogen-bond donors (Lipinski definition) is 0. The van der Waals surface area contributed by atoms with Crippen molar-refractivity contribution in [3.8, 4) is 55.6 Å². The van der Waals surface area contributed by atoms with E-state index >= 15 is 0 Å². The lowest BCUT2D eigenvalue weighted by Gasteiger charge is -2.30. The average Bonchev–Trinajstić information content (AvgIpc) is 3.44. The molecule has 8 aromatic rings. The van der Waals surface area contributed by atoms with Gasteiger partial charge in [0.2, 0.25) is 0 Å². The molecule has 248 valence electrons. The van der Waals surface area contributed by atoms with E-state index in [9.17, 15) is 0 Å². The quantitative estimate of drug-likeness (QED) is 0.164. The third-order valence-electron chi connectivity index (χ3n) is 10.7. The topological polar surface area (TPSA) is 3.24 Å². The second kappa shape index (κ2) is 13.0. The summed E-state index contributed by atoms with van der Waals surface area (Å²) < 4.78 is 0. The minimum Gasteiger partial charge on any atom is -0.310 e. The van der Waals surface area contributed by atoms with E-state index in [0.717, 1.165) is 17.1 Å². The van der Waals surface area contributed by atoms with Gasteiger partial charge in [-0.3, -0.25) is 0 Å². The normalized spacial score (nSPS) is 12.6. The summed E-state index contributed by atoms with van der Waals surface area (Å²) in [5, 5.41) is 0. The fourth-order valence-electron chi connectivity index (χ4n) is 8.07. The molecule has 8 aromatic carbocycles. The van der Waals surface area contributed by atoms with E-state index in [2.05, 4.69) is 219 Å². The minimum absolute atomic E-state index is 0.119. The maximum Gasteiger partial charge on any atom is 0.0468 e. The van der Waals surface area contributed by atoms with E-state index in [1.807, 2.05) is 0 Å². The van der Waals surface area contributed by atoms with Gasteiger partial charge in [-0.05, 0) is 103 Å². The van der Waals surface area contributed by atoms with Crippen molar-refractivity contribution in [3.63, 3.8) is 0 Å². The van der Waals surface area contributed by atoms with Gasteiger partial charge in [0.05, 0.1) is 0 Å². The Balaban J connectivity index is 1.29. The maximum atomic E-state index is 2.45. The van der Waals surface area contributed by atoms with Crippen molar-refractivity contribution in [2.24, 2.45) is 0 Å². The fraction of sp³-hybridized carbons (Fsp3) is 0.0588. The van der Waals surface area contributed by atoms with Crippen molar-refractivity contribution >= 4 is 17.1 Å². The van der Waals surface area contributed by atoms with Crippen LogP contribution in [-0.4, -0.2) is 0 Å². The number of anilines is 3. The summed E-state index contributed by atoms with van der Waals surface area (Å²) in [6, 6.07) is 72.8. The van der Waals surface area contributed by atoms with Gasteiger partial charge in [-0.1, -0.05) is 178 Å². The van der Waals surface area contributed by atoms with Crippen LogP contribution in [0.5, 0.6) is 0 Å². The number of benzene rings is 8. The van der Waals surface area contributed by atoms with Gasteiger partial charge in [-0.2, -0.15) is 0 Å². The van der Waals surface area contributed by atoms with Gasteiger partial charge in [0.1, 0.15) is 0 Å². The molecule has 1 aliphatic carbocycles. The first-order valence-corrected chi connectivity index (χ1v) is 18.1. The summed E-state index contributed by atoms with van der Waals surface area (Å²) in [6.45, 7) is 4.71. The molecule has 0 saturated carbocycles. The molecule has 1 aliphatic rings. The van der Waals surface area contributed by atoms with Crippen molar-refractivity contribution in [1.29, 1.82) is 0 Å². The van der Waals surface area contributed by atoms with Crippen LogP contribution in [0.4, 0.5) is 17.1 Å². The fourth-order valence-corrected chi connectivity index (χ4v) is 8.07. The molecule has 0 radical (unpaired) electrons. The largest absolute Gasteiger partial charge is 0.310 e. The predicted octanol–water partition coefficient (Wildman–Crippen LogP) is 14.1. The Morgan fingerprint density at radius 3 is 1.10 bits per heavy atom.